The number of rotatable bonds is 1. The Kier molecular flexibility index (Phi) is 1.29. The van der Waals surface area contributed by atoms with Crippen LogP contribution in [0.5, 0.6) is 0 Å². The molecule has 2 N–H and O–H groups in total. The fraction of sp³-hybridized carbons (Fsp3) is 1.00. The minimum absolute atomic E-state index is 0.111. The van der Waals surface area contributed by atoms with Crippen molar-refractivity contribution in [2.75, 3.05) is 7.11 Å². The van der Waals surface area contributed by atoms with Crippen LogP contribution < -0.4 is 5.73 Å². The van der Waals surface area contributed by atoms with E-state index in [1.54, 1.807) is 7.11 Å². The topological polar surface area (TPSA) is 35.2 Å². The van der Waals surface area contributed by atoms with E-state index in [-0.39, 0.29) is 5.60 Å². The van der Waals surface area contributed by atoms with Gasteiger partial charge in [-0.3, -0.25) is 0 Å². The van der Waals surface area contributed by atoms with Gasteiger partial charge in [-0.2, -0.15) is 0 Å². The first-order valence-corrected chi connectivity index (χ1v) is 2.97. The number of nitrogens with two attached hydrogens (primary N) is 1. The van der Waals surface area contributed by atoms with Crippen LogP contribution in [-0.4, -0.2) is 18.8 Å². The van der Waals surface area contributed by atoms with Gasteiger partial charge in [-0.05, 0) is 19.8 Å². The van der Waals surface area contributed by atoms with Gasteiger partial charge in [0, 0.05) is 13.2 Å². The highest BCUT2D eigenvalue weighted by Crippen LogP contribution is 2.32. The molecule has 0 saturated heterocycles. The molecule has 1 aliphatic carbocycles. The number of hydrogen-bond donors (Lipinski definition) is 1. The second-order valence-corrected chi connectivity index (χ2v) is 2.82. The molecule has 0 aromatic rings. The predicted molar refractivity (Wildman–Crippen MR) is 32.6 cm³/mol. The Labute approximate surface area is 50.0 Å². The second kappa shape index (κ2) is 1.71. The van der Waals surface area contributed by atoms with Gasteiger partial charge in [0.2, 0.25) is 0 Å². The summed E-state index contributed by atoms with van der Waals surface area (Å²) >= 11 is 0. The molecule has 0 aliphatic heterocycles. The zero-order valence-electron chi connectivity index (χ0n) is 5.48. The zero-order valence-corrected chi connectivity index (χ0v) is 5.48. The Morgan fingerprint density at radius 2 is 2.12 bits per heavy atom. The lowest BCUT2D eigenvalue weighted by molar-refractivity contribution is -0.0667. The number of hydrogen-bond acceptors (Lipinski definition) is 2. The maximum absolute atomic E-state index is 5.55. The molecule has 0 spiro atoms. The maximum atomic E-state index is 5.55. The van der Waals surface area contributed by atoms with Gasteiger partial charge in [-0.15, -0.1) is 0 Å². The van der Waals surface area contributed by atoms with Crippen LogP contribution in [0.2, 0.25) is 0 Å². The van der Waals surface area contributed by atoms with Crippen molar-refractivity contribution in [3.05, 3.63) is 0 Å². The van der Waals surface area contributed by atoms with Gasteiger partial charge in [0.25, 0.3) is 0 Å². The van der Waals surface area contributed by atoms with Gasteiger partial charge in [-0.1, -0.05) is 0 Å². The summed E-state index contributed by atoms with van der Waals surface area (Å²) in [7, 11) is 1.74. The molecule has 0 atom stereocenters. The molecule has 0 bridgehead atoms. The van der Waals surface area contributed by atoms with Gasteiger partial charge < -0.3 is 10.5 Å². The molecule has 1 rings (SSSR count). The standard InChI is InChI=1S/C6H13NO/c1-6(8-2)3-5(7)4-6/h5H,3-4,7H2,1-2H3. The lowest BCUT2D eigenvalue weighted by Gasteiger charge is -2.41. The summed E-state index contributed by atoms with van der Waals surface area (Å²) in [5.74, 6) is 0. The van der Waals surface area contributed by atoms with Crippen molar-refractivity contribution in [2.45, 2.75) is 31.4 Å². The van der Waals surface area contributed by atoms with Crippen molar-refractivity contribution in [3.63, 3.8) is 0 Å². The van der Waals surface area contributed by atoms with Crippen LogP contribution in [0, 0.1) is 0 Å². The van der Waals surface area contributed by atoms with E-state index in [4.69, 9.17) is 10.5 Å². The summed E-state index contributed by atoms with van der Waals surface area (Å²) in [6.07, 6.45) is 2.03. The summed E-state index contributed by atoms with van der Waals surface area (Å²) in [5.41, 5.74) is 5.66. The molecule has 8 heavy (non-hydrogen) atoms. The van der Waals surface area contributed by atoms with Crippen molar-refractivity contribution < 1.29 is 4.74 Å². The maximum Gasteiger partial charge on any atom is 0.0680 e. The molecule has 1 saturated carbocycles. The first kappa shape index (κ1) is 6.05. The minimum Gasteiger partial charge on any atom is -0.378 e. The third kappa shape index (κ3) is 0.858. The predicted octanol–water partition coefficient (Wildman–Crippen LogP) is 0.513. The molecular formula is C6H13NO. The average Bonchev–Trinajstić information content (AvgIpc) is 1.63. The summed E-state index contributed by atoms with van der Waals surface area (Å²) in [6.45, 7) is 2.09. The molecule has 0 radical (unpaired) electrons. The quantitative estimate of drug-likeness (QED) is 0.540. The summed E-state index contributed by atoms with van der Waals surface area (Å²) in [6, 6.07) is 0.389. The molecule has 1 aliphatic rings. The van der Waals surface area contributed by atoms with E-state index in [0.717, 1.165) is 12.8 Å². The highest BCUT2D eigenvalue weighted by molar-refractivity contribution is 4.94. The Balaban J connectivity index is 2.30. The molecule has 0 amide bonds. The monoisotopic (exact) mass is 115 g/mol. The normalized spacial score (nSPS) is 46.1. The highest BCUT2D eigenvalue weighted by Gasteiger charge is 2.37. The summed E-state index contributed by atoms with van der Waals surface area (Å²) < 4.78 is 5.16. The van der Waals surface area contributed by atoms with Crippen LogP contribution in [0.15, 0.2) is 0 Å². The Hall–Kier alpha value is -0.0800. The number of ether oxygens (including phenoxy) is 1. The van der Waals surface area contributed by atoms with Crippen LogP contribution in [0.4, 0.5) is 0 Å². The van der Waals surface area contributed by atoms with Gasteiger partial charge in [0.15, 0.2) is 0 Å². The Morgan fingerprint density at radius 3 is 2.25 bits per heavy atom. The first-order valence-electron chi connectivity index (χ1n) is 2.97. The molecule has 2 nitrogen and oxygen atoms in total. The molecule has 1 fully saturated rings. The Bertz CT molecular complexity index is 86.5. The SMILES string of the molecule is COC1(C)CC(N)C1. The number of methoxy groups -OCH3 is 1. The van der Waals surface area contributed by atoms with Crippen molar-refractivity contribution in [1.29, 1.82) is 0 Å². The van der Waals surface area contributed by atoms with E-state index in [1.807, 2.05) is 0 Å². The van der Waals surface area contributed by atoms with Crippen molar-refractivity contribution in [2.24, 2.45) is 5.73 Å². The van der Waals surface area contributed by atoms with Crippen molar-refractivity contribution in [1.82, 2.24) is 0 Å². The minimum atomic E-state index is 0.111. The van der Waals surface area contributed by atoms with Crippen LogP contribution in [0.1, 0.15) is 19.8 Å². The fourth-order valence-electron chi connectivity index (χ4n) is 1.22. The first-order chi connectivity index (χ1) is 3.66. The highest BCUT2D eigenvalue weighted by atomic mass is 16.5. The van der Waals surface area contributed by atoms with Crippen molar-refractivity contribution >= 4 is 0 Å². The lowest BCUT2D eigenvalue weighted by atomic mass is 9.78. The van der Waals surface area contributed by atoms with Crippen LogP contribution in [-0.2, 0) is 4.74 Å². The van der Waals surface area contributed by atoms with Gasteiger partial charge in [0.05, 0.1) is 5.60 Å². The van der Waals surface area contributed by atoms with E-state index >= 15 is 0 Å². The van der Waals surface area contributed by atoms with Crippen LogP contribution in [0.25, 0.3) is 0 Å². The van der Waals surface area contributed by atoms with Crippen molar-refractivity contribution in [3.8, 4) is 0 Å². The Morgan fingerprint density at radius 1 is 1.62 bits per heavy atom. The molecule has 48 valence electrons. The van der Waals surface area contributed by atoms with Crippen LogP contribution >= 0.6 is 0 Å². The van der Waals surface area contributed by atoms with E-state index < -0.39 is 0 Å². The summed E-state index contributed by atoms with van der Waals surface area (Å²) in [5, 5.41) is 0. The molecule has 0 aromatic heterocycles. The lowest BCUT2D eigenvalue weighted by Crippen LogP contribution is -2.50. The molecule has 2 heteroatoms. The van der Waals surface area contributed by atoms with E-state index in [9.17, 15) is 0 Å². The fourth-order valence-corrected chi connectivity index (χ4v) is 1.22. The molecule has 0 heterocycles. The third-order valence-corrected chi connectivity index (χ3v) is 1.88. The second-order valence-electron chi connectivity index (χ2n) is 2.82. The van der Waals surface area contributed by atoms with Gasteiger partial charge in [-0.25, -0.2) is 0 Å². The van der Waals surface area contributed by atoms with E-state index in [0.29, 0.717) is 6.04 Å². The average molecular weight is 115 g/mol. The molecule has 0 aromatic carbocycles. The van der Waals surface area contributed by atoms with Gasteiger partial charge in [0.1, 0.15) is 0 Å². The molecule has 0 unspecified atom stereocenters. The van der Waals surface area contributed by atoms with Crippen LogP contribution in [0.3, 0.4) is 0 Å². The largest absolute Gasteiger partial charge is 0.378 e. The van der Waals surface area contributed by atoms with E-state index in [2.05, 4.69) is 6.92 Å². The smallest absolute Gasteiger partial charge is 0.0680 e. The van der Waals surface area contributed by atoms with E-state index in [1.165, 1.54) is 0 Å². The molecular weight excluding hydrogens is 102 g/mol. The summed E-state index contributed by atoms with van der Waals surface area (Å²) in [4.78, 5) is 0. The van der Waals surface area contributed by atoms with Gasteiger partial charge >= 0.3 is 0 Å². The zero-order chi connectivity index (χ0) is 6.20. The third-order valence-electron chi connectivity index (χ3n) is 1.88.